The second-order valence-corrected chi connectivity index (χ2v) is 7.21. The maximum atomic E-state index is 12.2. The summed E-state index contributed by atoms with van der Waals surface area (Å²) >= 11 is 0. The Kier molecular flexibility index (Phi) is 3.66. The van der Waals surface area contributed by atoms with E-state index >= 15 is 0 Å². The molecule has 1 fully saturated rings. The van der Waals surface area contributed by atoms with Crippen molar-refractivity contribution in [2.45, 2.75) is 31.2 Å². The number of nitrogens with one attached hydrogen (secondary N) is 1. The van der Waals surface area contributed by atoms with E-state index in [1.807, 2.05) is 13.8 Å². The molecule has 1 unspecified atom stereocenters. The van der Waals surface area contributed by atoms with Crippen LogP contribution >= 0.6 is 0 Å². The molecule has 20 heavy (non-hydrogen) atoms. The van der Waals surface area contributed by atoms with Crippen molar-refractivity contribution in [1.82, 2.24) is 9.71 Å². The summed E-state index contributed by atoms with van der Waals surface area (Å²) in [6.07, 6.45) is 5.69. The van der Waals surface area contributed by atoms with Crippen molar-refractivity contribution in [3.05, 3.63) is 30.1 Å². The van der Waals surface area contributed by atoms with Gasteiger partial charge in [-0.2, -0.15) is 0 Å². The lowest BCUT2D eigenvalue weighted by molar-refractivity contribution is -0.131. The third-order valence-electron chi connectivity index (χ3n) is 3.27. The summed E-state index contributed by atoms with van der Waals surface area (Å²) in [5, 5.41) is 8.55. The largest absolute Gasteiger partial charge is 0.478 e. The average Bonchev–Trinajstić information content (AvgIpc) is 2.93. The predicted molar refractivity (Wildman–Crippen MR) is 73.4 cm³/mol. The Hall–Kier alpha value is -1.73. The fourth-order valence-electron chi connectivity index (χ4n) is 1.76. The lowest BCUT2D eigenvalue weighted by Crippen LogP contribution is -2.28. The van der Waals surface area contributed by atoms with Gasteiger partial charge in [-0.1, -0.05) is 13.8 Å². The first-order chi connectivity index (χ1) is 9.21. The molecule has 0 aromatic carbocycles. The van der Waals surface area contributed by atoms with Gasteiger partial charge in [0.15, 0.2) is 0 Å². The van der Waals surface area contributed by atoms with Crippen LogP contribution in [-0.2, 0) is 14.8 Å². The van der Waals surface area contributed by atoms with E-state index in [1.54, 1.807) is 0 Å². The highest BCUT2D eigenvalue weighted by atomic mass is 32.2. The molecular weight excluding hydrogens is 280 g/mol. The molecule has 0 radical (unpaired) electrons. The smallest absolute Gasteiger partial charge is 0.328 e. The molecule has 1 aromatic rings. The predicted octanol–water partition coefficient (Wildman–Crippen LogP) is 1.26. The van der Waals surface area contributed by atoms with Gasteiger partial charge in [-0.15, -0.1) is 0 Å². The van der Waals surface area contributed by atoms with E-state index in [0.29, 0.717) is 5.56 Å². The van der Waals surface area contributed by atoms with E-state index in [1.165, 1.54) is 24.5 Å². The van der Waals surface area contributed by atoms with Crippen LogP contribution in [0.4, 0.5) is 0 Å². The van der Waals surface area contributed by atoms with Crippen LogP contribution in [0.2, 0.25) is 0 Å². The number of hydrogen-bond acceptors (Lipinski definition) is 4. The number of nitrogens with zero attached hydrogens (tertiary/aromatic N) is 1. The van der Waals surface area contributed by atoms with E-state index in [-0.39, 0.29) is 16.4 Å². The zero-order valence-electron chi connectivity index (χ0n) is 11.2. The van der Waals surface area contributed by atoms with Crippen LogP contribution in [0.25, 0.3) is 6.08 Å². The number of pyridine rings is 1. The second-order valence-electron chi connectivity index (χ2n) is 5.49. The van der Waals surface area contributed by atoms with E-state index < -0.39 is 16.0 Å². The molecule has 7 heteroatoms. The summed E-state index contributed by atoms with van der Waals surface area (Å²) in [7, 11) is -3.62. The van der Waals surface area contributed by atoms with Crippen LogP contribution in [0.5, 0.6) is 0 Å². The Morgan fingerprint density at radius 2 is 2.15 bits per heavy atom. The van der Waals surface area contributed by atoms with Crippen LogP contribution in [0.1, 0.15) is 25.8 Å². The summed E-state index contributed by atoms with van der Waals surface area (Å²) in [6.45, 7) is 3.98. The SMILES string of the molecule is CC1(C)CC1NS(=O)(=O)c1cncc(C=CC(=O)O)c1. The van der Waals surface area contributed by atoms with E-state index in [4.69, 9.17) is 5.11 Å². The average molecular weight is 296 g/mol. The van der Waals surface area contributed by atoms with Crippen molar-refractivity contribution in [3.8, 4) is 0 Å². The van der Waals surface area contributed by atoms with E-state index in [2.05, 4.69) is 9.71 Å². The zero-order chi connectivity index (χ0) is 15.0. The first-order valence-electron chi connectivity index (χ1n) is 6.09. The molecule has 2 rings (SSSR count). The molecule has 1 aliphatic rings. The fraction of sp³-hybridized carbons (Fsp3) is 0.385. The quantitative estimate of drug-likeness (QED) is 0.797. The van der Waals surface area contributed by atoms with Gasteiger partial charge >= 0.3 is 5.97 Å². The monoisotopic (exact) mass is 296 g/mol. The minimum Gasteiger partial charge on any atom is -0.478 e. The number of aromatic nitrogens is 1. The number of aliphatic carboxylic acids is 1. The highest BCUT2D eigenvalue weighted by Crippen LogP contribution is 2.45. The molecule has 0 amide bonds. The molecule has 0 spiro atoms. The van der Waals surface area contributed by atoms with Gasteiger partial charge in [-0.3, -0.25) is 4.98 Å². The topological polar surface area (TPSA) is 96.4 Å². The van der Waals surface area contributed by atoms with E-state index in [0.717, 1.165) is 12.5 Å². The van der Waals surface area contributed by atoms with Gasteiger partial charge in [0, 0.05) is 24.5 Å². The molecule has 0 aliphatic heterocycles. The second kappa shape index (κ2) is 4.99. The Balaban J connectivity index is 2.20. The Labute approximate surface area is 117 Å². The minimum absolute atomic E-state index is 0.0126. The summed E-state index contributed by atoms with van der Waals surface area (Å²) in [5.74, 6) is -1.10. The van der Waals surface area contributed by atoms with Crippen LogP contribution in [0.15, 0.2) is 29.4 Å². The number of hydrogen-bond donors (Lipinski definition) is 2. The Morgan fingerprint density at radius 1 is 1.50 bits per heavy atom. The third-order valence-corrected chi connectivity index (χ3v) is 4.71. The van der Waals surface area contributed by atoms with Gasteiger partial charge in [0.05, 0.1) is 0 Å². The molecule has 1 aliphatic carbocycles. The normalized spacial score (nSPS) is 21.0. The summed E-state index contributed by atoms with van der Waals surface area (Å²) in [5.41, 5.74) is 0.409. The number of carboxylic acid groups (broad SMARTS) is 1. The van der Waals surface area contributed by atoms with Crippen molar-refractivity contribution in [3.63, 3.8) is 0 Å². The molecule has 1 atom stereocenters. The summed E-state index contributed by atoms with van der Waals surface area (Å²) in [4.78, 5) is 14.3. The van der Waals surface area contributed by atoms with Gasteiger partial charge in [0.25, 0.3) is 0 Å². The number of sulfonamides is 1. The number of carbonyl (C=O) groups is 1. The molecule has 1 aromatic heterocycles. The third kappa shape index (κ3) is 3.43. The highest BCUT2D eigenvalue weighted by molar-refractivity contribution is 7.89. The molecule has 0 bridgehead atoms. The molecule has 1 heterocycles. The van der Waals surface area contributed by atoms with Gasteiger partial charge in [0.2, 0.25) is 10.0 Å². The minimum atomic E-state index is -3.62. The van der Waals surface area contributed by atoms with Crippen molar-refractivity contribution < 1.29 is 18.3 Å². The first kappa shape index (κ1) is 14.7. The van der Waals surface area contributed by atoms with Crippen molar-refractivity contribution in [1.29, 1.82) is 0 Å². The first-order valence-corrected chi connectivity index (χ1v) is 7.57. The van der Waals surface area contributed by atoms with Crippen molar-refractivity contribution >= 4 is 22.1 Å². The lowest BCUT2D eigenvalue weighted by Gasteiger charge is -2.08. The zero-order valence-corrected chi connectivity index (χ0v) is 12.0. The van der Waals surface area contributed by atoms with Gasteiger partial charge in [-0.05, 0) is 29.5 Å². The maximum absolute atomic E-state index is 12.2. The van der Waals surface area contributed by atoms with Crippen LogP contribution in [0, 0.1) is 5.41 Å². The Morgan fingerprint density at radius 3 is 2.70 bits per heavy atom. The lowest BCUT2D eigenvalue weighted by atomic mass is 10.2. The van der Waals surface area contributed by atoms with Crippen molar-refractivity contribution in [2.75, 3.05) is 0 Å². The van der Waals surface area contributed by atoms with Crippen molar-refractivity contribution in [2.24, 2.45) is 5.41 Å². The molecule has 6 nitrogen and oxygen atoms in total. The maximum Gasteiger partial charge on any atom is 0.328 e. The van der Waals surface area contributed by atoms with Gasteiger partial charge in [0.1, 0.15) is 4.90 Å². The standard InChI is InChI=1S/C13H16N2O4S/c1-13(2)6-11(13)15-20(18,19)10-5-9(7-14-8-10)3-4-12(16)17/h3-5,7-8,11,15H,6H2,1-2H3,(H,16,17). The highest BCUT2D eigenvalue weighted by Gasteiger charge is 2.47. The molecule has 1 saturated carbocycles. The molecule has 2 N–H and O–H groups in total. The van der Waals surface area contributed by atoms with Crippen LogP contribution < -0.4 is 4.72 Å². The summed E-state index contributed by atoms with van der Waals surface area (Å²) in [6, 6.07) is 1.33. The Bertz CT molecular complexity index is 665. The van der Waals surface area contributed by atoms with Gasteiger partial charge in [-0.25, -0.2) is 17.9 Å². The van der Waals surface area contributed by atoms with Crippen LogP contribution in [0.3, 0.4) is 0 Å². The molecule has 0 saturated heterocycles. The molecular formula is C13H16N2O4S. The fourth-order valence-corrected chi connectivity index (χ4v) is 3.17. The van der Waals surface area contributed by atoms with E-state index in [9.17, 15) is 13.2 Å². The summed E-state index contributed by atoms with van der Waals surface area (Å²) < 4.78 is 27.0. The van der Waals surface area contributed by atoms with Gasteiger partial charge < -0.3 is 5.11 Å². The number of carboxylic acids is 1. The van der Waals surface area contributed by atoms with Crippen LogP contribution in [-0.4, -0.2) is 30.5 Å². The number of rotatable bonds is 5. The molecule has 108 valence electrons.